The van der Waals surface area contributed by atoms with Gasteiger partial charge in [0.1, 0.15) is 11.0 Å². The van der Waals surface area contributed by atoms with Crippen LogP contribution in [0.15, 0.2) is 58.5 Å². The van der Waals surface area contributed by atoms with Crippen molar-refractivity contribution in [1.29, 1.82) is 5.26 Å². The SMILES string of the molecule is CC(=O)Nc1ccc(S(=O)(=O)/C(C#N)=C/c2c[nH]c3ccc([N+](=O)[O-])cc23)cc1. The van der Waals surface area contributed by atoms with Crippen LogP contribution in [0.1, 0.15) is 12.5 Å². The predicted molar refractivity (Wildman–Crippen MR) is 106 cm³/mol. The maximum Gasteiger partial charge on any atom is 0.270 e. The van der Waals surface area contributed by atoms with E-state index in [1.54, 1.807) is 6.07 Å². The second kappa shape index (κ2) is 7.57. The number of non-ortho nitro benzene ring substituents is 1. The molecule has 1 aromatic heterocycles. The molecule has 0 saturated heterocycles. The van der Waals surface area contributed by atoms with Gasteiger partial charge in [0.2, 0.25) is 15.7 Å². The van der Waals surface area contributed by atoms with Gasteiger partial charge in [-0.15, -0.1) is 0 Å². The number of hydrogen-bond donors (Lipinski definition) is 2. The number of rotatable bonds is 5. The number of H-pyrrole nitrogens is 1. The van der Waals surface area contributed by atoms with Gasteiger partial charge in [-0.3, -0.25) is 14.9 Å². The molecule has 0 aliphatic rings. The smallest absolute Gasteiger partial charge is 0.270 e. The van der Waals surface area contributed by atoms with Crippen molar-refractivity contribution in [2.75, 3.05) is 5.32 Å². The van der Waals surface area contributed by atoms with Gasteiger partial charge in [-0.1, -0.05) is 0 Å². The second-order valence-electron chi connectivity index (χ2n) is 6.06. The van der Waals surface area contributed by atoms with Gasteiger partial charge in [0.25, 0.3) is 5.69 Å². The van der Waals surface area contributed by atoms with E-state index in [1.807, 2.05) is 0 Å². The summed E-state index contributed by atoms with van der Waals surface area (Å²) in [7, 11) is -4.13. The Morgan fingerprint density at radius 1 is 1.24 bits per heavy atom. The minimum Gasteiger partial charge on any atom is -0.361 e. The number of nitrogens with one attached hydrogen (secondary N) is 2. The number of amides is 1. The molecule has 0 bridgehead atoms. The first kappa shape index (κ1) is 19.8. The molecule has 0 unspecified atom stereocenters. The highest BCUT2D eigenvalue weighted by Gasteiger charge is 2.22. The lowest BCUT2D eigenvalue weighted by Gasteiger charge is -2.05. The lowest BCUT2D eigenvalue weighted by Crippen LogP contribution is -2.07. The summed E-state index contributed by atoms with van der Waals surface area (Å²) < 4.78 is 25.7. The first-order valence-corrected chi connectivity index (χ1v) is 9.71. The molecule has 2 aromatic carbocycles. The van der Waals surface area contributed by atoms with Crippen molar-refractivity contribution < 1.29 is 18.1 Å². The minimum atomic E-state index is -4.13. The molecular weight excluding hydrogens is 396 g/mol. The fourth-order valence-corrected chi connectivity index (χ4v) is 3.87. The van der Waals surface area contributed by atoms with Crippen LogP contribution in [0.25, 0.3) is 17.0 Å². The standard InChI is InChI=1S/C19H14N4O5S/c1-12(24)22-14-2-5-16(6-3-14)29(27,28)17(10-20)8-13-11-21-19-7-4-15(23(25)26)9-18(13)19/h2-9,11,21H,1H3,(H,22,24)/b17-8+. The highest BCUT2D eigenvalue weighted by molar-refractivity contribution is 7.95. The zero-order chi connectivity index (χ0) is 21.2. The number of carbonyl (C=O) groups excluding carboxylic acids is 1. The average molecular weight is 410 g/mol. The van der Waals surface area contributed by atoms with Crippen LogP contribution in [0.4, 0.5) is 11.4 Å². The first-order chi connectivity index (χ1) is 13.7. The van der Waals surface area contributed by atoms with E-state index in [-0.39, 0.29) is 16.5 Å². The largest absolute Gasteiger partial charge is 0.361 e. The predicted octanol–water partition coefficient (Wildman–Crippen LogP) is 3.37. The number of nitro benzene ring substituents is 1. The summed E-state index contributed by atoms with van der Waals surface area (Å²) in [6, 6.07) is 11.2. The average Bonchev–Trinajstić information content (AvgIpc) is 3.07. The van der Waals surface area contributed by atoms with Crippen molar-refractivity contribution in [1.82, 2.24) is 4.98 Å². The Morgan fingerprint density at radius 2 is 1.93 bits per heavy atom. The molecule has 3 aromatic rings. The molecule has 0 aliphatic carbocycles. The molecule has 0 radical (unpaired) electrons. The Labute approximate surface area is 165 Å². The minimum absolute atomic E-state index is 0.120. The summed E-state index contributed by atoms with van der Waals surface area (Å²) in [4.78, 5) is 23.8. The van der Waals surface area contributed by atoms with Crippen molar-refractivity contribution >= 4 is 44.1 Å². The fraction of sp³-hybridized carbons (Fsp3) is 0.0526. The number of fused-ring (bicyclic) bond motifs is 1. The number of aromatic amines is 1. The number of sulfone groups is 1. The van der Waals surface area contributed by atoms with Gasteiger partial charge in [-0.25, -0.2) is 8.42 Å². The van der Waals surface area contributed by atoms with E-state index >= 15 is 0 Å². The molecule has 0 saturated carbocycles. The molecule has 10 heteroatoms. The third-order valence-electron chi connectivity index (χ3n) is 4.08. The van der Waals surface area contributed by atoms with Crippen LogP contribution in [0, 0.1) is 21.4 Å². The van der Waals surface area contributed by atoms with Gasteiger partial charge >= 0.3 is 0 Å². The van der Waals surface area contributed by atoms with Gasteiger partial charge in [0.15, 0.2) is 0 Å². The van der Waals surface area contributed by atoms with Crippen LogP contribution < -0.4 is 5.32 Å². The van der Waals surface area contributed by atoms with Gasteiger partial charge in [0.05, 0.1) is 9.82 Å². The highest BCUT2D eigenvalue weighted by atomic mass is 32.2. The topological polar surface area (TPSA) is 146 Å². The van der Waals surface area contributed by atoms with Crippen LogP contribution in [0.5, 0.6) is 0 Å². The lowest BCUT2D eigenvalue weighted by molar-refractivity contribution is -0.384. The third-order valence-corrected chi connectivity index (χ3v) is 5.76. The summed E-state index contributed by atoms with van der Waals surface area (Å²) in [5.74, 6) is -0.299. The lowest BCUT2D eigenvalue weighted by atomic mass is 10.1. The quantitative estimate of drug-likeness (QED) is 0.374. The van der Waals surface area contributed by atoms with Gasteiger partial charge in [0, 0.05) is 47.4 Å². The number of nitrogens with zero attached hydrogens (tertiary/aromatic N) is 2. The molecule has 3 rings (SSSR count). The second-order valence-corrected chi connectivity index (χ2v) is 7.98. The number of carbonyl (C=O) groups is 1. The zero-order valence-corrected chi connectivity index (χ0v) is 15.9. The Hall–Kier alpha value is -3.97. The molecule has 29 heavy (non-hydrogen) atoms. The van der Waals surface area contributed by atoms with E-state index in [2.05, 4.69) is 10.3 Å². The molecule has 1 amide bonds. The van der Waals surface area contributed by atoms with Gasteiger partial charge < -0.3 is 10.3 Å². The number of hydrogen-bond acceptors (Lipinski definition) is 6. The van der Waals surface area contributed by atoms with E-state index in [0.29, 0.717) is 22.2 Å². The zero-order valence-electron chi connectivity index (χ0n) is 15.0. The van der Waals surface area contributed by atoms with E-state index in [0.717, 1.165) is 0 Å². The number of anilines is 1. The molecular formula is C19H14N4O5S. The summed E-state index contributed by atoms with van der Waals surface area (Å²) >= 11 is 0. The Kier molecular flexibility index (Phi) is 5.16. The number of benzene rings is 2. The molecule has 9 nitrogen and oxygen atoms in total. The molecule has 0 aliphatic heterocycles. The normalized spacial score (nSPS) is 11.8. The summed E-state index contributed by atoms with van der Waals surface area (Å²) in [5.41, 5.74) is 1.17. The van der Waals surface area contributed by atoms with Crippen molar-refractivity contribution in [2.24, 2.45) is 0 Å². The molecule has 146 valence electrons. The molecule has 0 spiro atoms. The highest BCUT2D eigenvalue weighted by Crippen LogP contribution is 2.28. The Bertz CT molecular complexity index is 1300. The van der Waals surface area contributed by atoms with Crippen LogP contribution in [-0.4, -0.2) is 24.2 Å². The molecule has 1 heterocycles. The number of allylic oxidation sites excluding steroid dienone is 1. The number of aromatic nitrogens is 1. The van der Waals surface area contributed by atoms with E-state index < -0.39 is 19.7 Å². The fourth-order valence-electron chi connectivity index (χ4n) is 2.72. The summed E-state index contributed by atoms with van der Waals surface area (Å²) in [5, 5.41) is 23.4. The van der Waals surface area contributed by atoms with Crippen LogP contribution in [0.3, 0.4) is 0 Å². The van der Waals surface area contributed by atoms with Crippen molar-refractivity contribution in [3.05, 3.63) is 69.2 Å². The van der Waals surface area contributed by atoms with Crippen LogP contribution in [-0.2, 0) is 14.6 Å². The first-order valence-electron chi connectivity index (χ1n) is 8.22. The molecule has 0 atom stereocenters. The maximum atomic E-state index is 12.8. The van der Waals surface area contributed by atoms with Crippen molar-refractivity contribution in [3.63, 3.8) is 0 Å². The van der Waals surface area contributed by atoms with Gasteiger partial charge in [-0.05, 0) is 36.4 Å². The molecule has 2 N–H and O–H groups in total. The van der Waals surface area contributed by atoms with Crippen LogP contribution in [0.2, 0.25) is 0 Å². The molecule has 0 fully saturated rings. The number of nitro groups is 1. The Balaban J connectivity index is 2.04. The summed E-state index contributed by atoms with van der Waals surface area (Å²) in [6.45, 7) is 1.33. The maximum absolute atomic E-state index is 12.8. The van der Waals surface area contributed by atoms with E-state index in [1.165, 1.54) is 61.7 Å². The van der Waals surface area contributed by atoms with Crippen molar-refractivity contribution in [3.8, 4) is 6.07 Å². The van der Waals surface area contributed by atoms with Crippen LogP contribution >= 0.6 is 0 Å². The van der Waals surface area contributed by atoms with Crippen molar-refractivity contribution in [2.45, 2.75) is 11.8 Å². The van der Waals surface area contributed by atoms with E-state index in [4.69, 9.17) is 0 Å². The monoisotopic (exact) mass is 410 g/mol. The number of nitriles is 1. The van der Waals surface area contributed by atoms with Gasteiger partial charge in [-0.2, -0.15) is 5.26 Å². The Morgan fingerprint density at radius 3 is 2.52 bits per heavy atom. The third kappa shape index (κ3) is 3.99. The summed E-state index contributed by atoms with van der Waals surface area (Å²) in [6.07, 6.45) is 2.64. The van der Waals surface area contributed by atoms with E-state index in [9.17, 15) is 28.6 Å².